The van der Waals surface area contributed by atoms with Crippen LogP contribution in [0.4, 0.5) is 0 Å². The van der Waals surface area contributed by atoms with Crippen LogP contribution < -0.4 is 0 Å². The van der Waals surface area contributed by atoms with E-state index in [0.29, 0.717) is 0 Å². The molecule has 0 spiro atoms. The second kappa shape index (κ2) is 4.42. The quantitative estimate of drug-likeness (QED) is 0.616. The molecule has 0 amide bonds. The van der Waals surface area contributed by atoms with Crippen molar-refractivity contribution in [1.29, 1.82) is 0 Å². The maximum atomic E-state index is 2.48. The molecule has 0 unspecified atom stereocenters. The van der Waals surface area contributed by atoms with E-state index in [2.05, 4.69) is 14.1 Å². The molecule has 0 aromatic heterocycles. The number of hydrogen-bond acceptors (Lipinski definition) is 0. The van der Waals surface area contributed by atoms with Gasteiger partial charge in [-0.25, -0.2) is 0 Å². The maximum Gasteiger partial charge on any atom is 0.207 e. The number of quaternary nitrogens is 2. The summed E-state index contributed by atoms with van der Waals surface area (Å²) < 4.78 is 2.69. The van der Waals surface area contributed by atoms with Gasteiger partial charge in [0.25, 0.3) is 0 Å². The highest BCUT2D eigenvalue weighted by atomic mass is 15.5. The molecular weight excluding hydrogens is 184 g/mol. The van der Waals surface area contributed by atoms with E-state index in [0.717, 1.165) is 0 Å². The SMILES string of the molecule is C[N+]1(C[N+]2(C)CCCCC2)CCCCC1. The summed E-state index contributed by atoms with van der Waals surface area (Å²) in [6.45, 7) is 7.09. The first kappa shape index (κ1) is 11.4. The molecule has 2 aliphatic rings. The summed E-state index contributed by atoms with van der Waals surface area (Å²) in [6, 6.07) is 0. The lowest BCUT2D eigenvalue weighted by molar-refractivity contribution is -1.09. The molecule has 2 aliphatic heterocycles. The van der Waals surface area contributed by atoms with E-state index >= 15 is 0 Å². The minimum atomic E-state index is 1.34. The van der Waals surface area contributed by atoms with E-state index in [1.165, 1.54) is 80.3 Å². The van der Waals surface area contributed by atoms with Gasteiger partial charge in [0, 0.05) is 0 Å². The lowest BCUT2D eigenvalue weighted by atomic mass is 10.1. The Morgan fingerprint density at radius 2 is 0.933 bits per heavy atom. The molecule has 0 N–H and O–H groups in total. The summed E-state index contributed by atoms with van der Waals surface area (Å²) in [5, 5.41) is 0. The highest BCUT2D eigenvalue weighted by Crippen LogP contribution is 2.23. The fourth-order valence-electron chi connectivity index (χ4n) is 3.66. The lowest BCUT2D eigenvalue weighted by Gasteiger charge is -2.46. The summed E-state index contributed by atoms with van der Waals surface area (Å²) >= 11 is 0. The molecule has 0 radical (unpaired) electrons. The Labute approximate surface area is 95.0 Å². The van der Waals surface area contributed by atoms with Gasteiger partial charge in [-0.15, -0.1) is 0 Å². The molecule has 0 atom stereocenters. The Morgan fingerprint density at radius 3 is 1.27 bits per heavy atom. The van der Waals surface area contributed by atoms with Crippen LogP contribution in [0.25, 0.3) is 0 Å². The van der Waals surface area contributed by atoms with Crippen molar-refractivity contribution >= 4 is 0 Å². The van der Waals surface area contributed by atoms with Gasteiger partial charge in [0.15, 0.2) is 0 Å². The standard InChI is InChI=1S/C13H28N2/c1-14(9-5-3-6-10-14)13-15(2)11-7-4-8-12-15/h3-13H2,1-2H3/q+2. The molecule has 2 fully saturated rings. The van der Waals surface area contributed by atoms with Gasteiger partial charge in [-0.3, -0.25) is 8.97 Å². The molecule has 15 heavy (non-hydrogen) atoms. The molecule has 2 heteroatoms. The molecule has 2 heterocycles. The molecular formula is C13H28N2+2. The number of likely N-dealkylation sites (tertiary alicyclic amines) is 2. The number of hydrogen-bond donors (Lipinski definition) is 0. The van der Waals surface area contributed by atoms with Gasteiger partial charge in [0.1, 0.15) is 0 Å². The summed E-state index contributed by atoms with van der Waals surface area (Å²) in [5.74, 6) is 0. The van der Waals surface area contributed by atoms with Gasteiger partial charge in [0.05, 0.1) is 40.3 Å². The third kappa shape index (κ3) is 2.94. The third-order valence-corrected chi connectivity index (χ3v) is 4.47. The van der Waals surface area contributed by atoms with E-state index < -0.39 is 0 Å². The third-order valence-electron chi connectivity index (χ3n) is 4.47. The fourth-order valence-corrected chi connectivity index (χ4v) is 3.66. The van der Waals surface area contributed by atoms with Gasteiger partial charge in [-0.05, 0) is 38.5 Å². The minimum absolute atomic E-state index is 1.34. The van der Waals surface area contributed by atoms with Gasteiger partial charge < -0.3 is 0 Å². The highest BCUT2D eigenvalue weighted by molar-refractivity contribution is 4.53. The molecule has 0 bridgehead atoms. The first-order chi connectivity index (χ1) is 7.12. The van der Waals surface area contributed by atoms with Crippen LogP contribution in [0.15, 0.2) is 0 Å². The average molecular weight is 212 g/mol. The van der Waals surface area contributed by atoms with E-state index in [4.69, 9.17) is 0 Å². The molecule has 0 aromatic carbocycles. The predicted molar refractivity (Wildman–Crippen MR) is 64.4 cm³/mol. The van der Waals surface area contributed by atoms with Crippen LogP contribution in [0.3, 0.4) is 0 Å². The van der Waals surface area contributed by atoms with Crippen LogP contribution in [0.2, 0.25) is 0 Å². The van der Waals surface area contributed by atoms with Crippen LogP contribution >= 0.6 is 0 Å². The van der Waals surface area contributed by atoms with Crippen LogP contribution in [0, 0.1) is 0 Å². The Kier molecular flexibility index (Phi) is 3.36. The Hall–Kier alpha value is -0.0800. The van der Waals surface area contributed by atoms with E-state index in [9.17, 15) is 0 Å². The molecule has 2 saturated heterocycles. The van der Waals surface area contributed by atoms with Crippen molar-refractivity contribution in [1.82, 2.24) is 0 Å². The van der Waals surface area contributed by atoms with E-state index in [1.54, 1.807) is 0 Å². The molecule has 0 aliphatic carbocycles. The first-order valence-electron chi connectivity index (χ1n) is 6.79. The topological polar surface area (TPSA) is 0 Å². The summed E-state index contributed by atoms with van der Waals surface area (Å²) in [7, 11) is 4.97. The van der Waals surface area contributed by atoms with Crippen molar-refractivity contribution in [2.45, 2.75) is 38.5 Å². The van der Waals surface area contributed by atoms with Gasteiger partial charge in [-0.1, -0.05) is 0 Å². The number of piperidine rings is 2. The molecule has 0 aromatic rings. The van der Waals surface area contributed by atoms with Crippen molar-refractivity contribution in [3.05, 3.63) is 0 Å². The molecule has 0 saturated carbocycles. The number of nitrogens with zero attached hydrogens (tertiary/aromatic N) is 2. The normalized spacial score (nSPS) is 30.0. The highest BCUT2D eigenvalue weighted by Gasteiger charge is 2.35. The average Bonchev–Trinajstić information content (AvgIpc) is 2.18. The van der Waals surface area contributed by atoms with Crippen molar-refractivity contribution in [2.24, 2.45) is 0 Å². The number of rotatable bonds is 2. The Bertz CT molecular complexity index is 179. The lowest BCUT2D eigenvalue weighted by Crippen LogP contribution is -2.62. The van der Waals surface area contributed by atoms with Gasteiger partial charge >= 0.3 is 0 Å². The van der Waals surface area contributed by atoms with Crippen LogP contribution in [0.1, 0.15) is 38.5 Å². The van der Waals surface area contributed by atoms with Gasteiger partial charge in [0.2, 0.25) is 6.67 Å². The molecule has 2 rings (SSSR count). The fraction of sp³-hybridized carbons (Fsp3) is 1.00. The Morgan fingerprint density at radius 1 is 0.600 bits per heavy atom. The molecule has 88 valence electrons. The van der Waals surface area contributed by atoms with Gasteiger partial charge in [-0.2, -0.15) is 0 Å². The smallest absolute Gasteiger partial charge is 0.207 e. The Balaban J connectivity index is 1.93. The van der Waals surface area contributed by atoms with Crippen molar-refractivity contribution in [3.63, 3.8) is 0 Å². The van der Waals surface area contributed by atoms with E-state index in [1.807, 2.05) is 0 Å². The summed E-state index contributed by atoms with van der Waals surface area (Å²) in [5.41, 5.74) is 0. The zero-order valence-electron chi connectivity index (χ0n) is 10.7. The zero-order valence-corrected chi connectivity index (χ0v) is 10.7. The molecule has 2 nitrogen and oxygen atoms in total. The monoisotopic (exact) mass is 212 g/mol. The van der Waals surface area contributed by atoms with Crippen molar-refractivity contribution in [2.75, 3.05) is 46.9 Å². The summed E-state index contributed by atoms with van der Waals surface area (Å²) in [4.78, 5) is 0. The first-order valence-corrected chi connectivity index (χ1v) is 6.79. The second-order valence-corrected chi connectivity index (χ2v) is 6.40. The zero-order chi connectivity index (χ0) is 10.8. The second-order valence-electron chi connectivity index (χ2n) is 6.40. The van der Waals surface area contributed by atoms with Crippen LogP contribution in [-0.4, -0.2) is 55.9 Å². The van der Waals surface area contributed by atoms with Crippen molar-refractivity contribution in [3.8, 4) is 0 Å². The van der Waals surface area contributed by atoms with Crippen molar-refractivity contribution < 1.29 is 8.97 Å². The predicted octanol–water partition coefficient (Wildman–Crippen LogP) is 2.20. The minimum Gasteiger partial charge on any atom is -0.280 e. The maximum absolute atomic E-state index is 2.48. The largest absolute Gasteiger partial charge is 0.280 e. The van der Waals surface area contributed by atoms with Crippen LogP contribution in [0.5, 0.6) is 0 Å². The van der Waals surface area contributed by atoms with E-state index in [-0.39, 0.29) is 0 Å². The van der Waals surface area contributed by atoms with Crippen LogP contribution in [-0.2, 0) is 0 Å². The summed E-state index contributed by atoms with van der Waals surface area (Å²) in [6.07, 6.45) is 8.76.